The number of ketones is 1. The van der Waals surface area contributed by atoms with E-state index in [1.807, 2.05) is 13.0 Å². The first-order valence-electron chi connectivity index (χ1n) is 8.04. The Morgan fingerprint density at radius 3 is 2.46 bits per heavy atom. The Labute approximate surface area is 160 Å². The third-order valence-corrected chi connectivity index (χ3v) is 4.61. The second kappa shape index (κ2) is 7.14. The number of furan rings is 1. The maximum atomic E-state index is 12.9. The summed E-state index contributed by atoms with van der Waals surface area (Å²) in [5, 5.41) is 1.37. The molecule has 0 saturated heterocycles. The lowest BCUT2D eigenvalue weighted by Gasteiger charge is -2.04. The molecule has 3 aromatic rings. The Morgan fingerprint density at radius 2 is 1.81 bits per heavy atom. The number of benzene rings is 2. The summed E-state index contributed by atoms with van der Waals surface area (Å²) in [4.78, 5) is 25.2. The molecule has 1 aromatic heterocycles. The third-order valence-electron chi connectivity index (χ3n) is 4.06. The first kappa shape index (κ1) is 18.5. The fourth-order valence-electron chi connectivity index (χ4n) is 2.84. The van der Waals surface area contributed by atoms with Crippen LogP contribution in [0.2, 0.25) is 10.0 Å². The minimum atomic E-state index is -0.488. The largest absolute Gasteiger partial charge is 0.462 e. The topological polar surface area (TPSA) is 56.5 Å². The van der Waals surface area contributed by atoms with Crippen LogP contribution in [-0.2, 0) is 4.74 Å². The van der Waals surface area contributed by atoms with Crippen LogP contribution < -0.4 is 0 Å². The van der Waals surface area contributed by atoms with Crippen molar-refractivity contribution >= 4 is 45.9 Å². The number of esters is 1. The molecule has 134 valence electrons. The summed E-state index contributed by atoms with van der Waals surface area (Å²) in [6, 6.07) is 8.20. The Balaban J connectivity index is 2.19. The van der Waals surface area contributed by atoms with Gasteiger partial charge in [-0.25, -0.2) is 4.79 Å². The van der Waals surface area contributed by atoms with Gasteiger partial charge in [0.2, 0.25) is 5.78 Å². The molecule has 3 rings (SSSR count). The zero-order chi connectivity index (χ0) is 19.0. The van der Waals surface area contributed by atoms with Crippen LogP contribution in [0.4, 0.5) is 0 Å². The molecule has 6 heteroatoms. The van der Waals surface area contributed by atoms with E-state index in [0.717, 1.165) is 5.56 Å². The summed E-state index contributed by atoms with van der Waals surface area (Å²) in [5.74, 6) is -0.716. The summed E-state index contributed by atoms with van der Waals surface area (Å²) in [6.45, 7) is 5.62. The monoisotopic (exact) mass is 390 g/mol. The standard InChI is InChI=1S/C20H16Cl2O4/c1-4-25-20(24)15-8-10(2)7-14-11(3)18(26-19(14)15)17(23)13-6-5-12(21)9-16(13)22/h5-9H,4H2,1-3H3. The SMILES string of the molecule is CCOC(=O)c1cc(C)cc2c(C)c(C(=O)c3ccc(Cl)cc3Cl)oc12. The molecule has 0 unspecified atom stereocenters. The molecule has 0 aliphatic heterocycles. The molecule has 0 amide bonds. The predicted molar refractivity (Wildman–Crippen MR) is 102 cm³/mol. The maximum absolute atomic E-state index is 12.9. The van der Waals surface area contributed by atoms with Crippen LogP contribution in [-0.4, -0.2) is 18.4 Å². The van der Waals surface area contributed by atoms with Crippen molar-refractivity contribution in [3.05, 3.63) is 68.4 Å². The van der Waals surface area contributed by atoms with Crippen molar-refractivity contribution in [3.63, 3.8) is 0 Å². The van der Waals surface area contributed by atoms with Gasteiger partial charge in [-0.05, 0) is 56.7 Å². The van der Waals surface area contributed by atoms with Crippen LogP contribution in [0.25, 0.3) is 11.0 Å². The summed E-state index contributed by atoms with van der Waals surface area (Å²) in [7, 11) is 0. The van der Waals surface area contributed by atoms with Crippen LogP contribution >= 0.6 is 23.2 Å². The molecule has 0 fully saturated rings. The quantitative estimate of drug-likeness (QED) is 0.419. The van der Waals surface area contributed by atoms with E-state index in [9.17, 15) is 9.59 Å². The van der Waals surface area contributed by atoms with E-state index in [-0.39, 0.29) is 28.7 Å². The van der Waals surface area contributed by atoms with Crippen LogP contribution in [0, 0.1) is 13.8 Å². The van der Waals surface area contributed by atoms with Gasteiger partial charge in [-0.2, -0.15) is 0 Å². The second-order valence-corrected chi connectivity index (χ2v) is 6.76. The molecule has 0 saturated carbocycles. The average Bonchev–Trinajstić information content (AvgIpc) is 2.91. The fourth-order valence-corrected chi connectivity index (χ4v) is 3.33. The number of fused-ring (bicyclic) bond motifs is 1. The van der Waals surface area contributed by atoms with Crippen molar-refractivity contribution < 1.29 is 18.7 Å². The summed E-state index contributed by atoms with van der Waals surface area (Å²) >= 11 is 12.0. The molecule has 0 radical (unpaired) electrons. The molecule has 0 aliphatic rings. The number of carbonyl (C=O) groups excluding carboxylic acids is 2. The lowest BCUT2D eigenvalue weighted by atomic mass is 10.0. The number of halogens is 2. The highest BCUT2D eigenvalue weighted by atomic mass is 35.5. The summed E-state index contributed by atoms with van der Waals surface area (Å²) in [5.41, 5.74) is 2.43. The zero-order valence-corrected chi connectivity index (χ0v) is 16.0. The van der Waals surface area contributed by atoms with Crippen molar-refractivity contribution in [2.75, 3.05) is 6.61 Å². The van der Waals surface area contributed by atoms with Crippen molar-refractivity contribution in [1.82, 2.24) is 0 Å². The number of ether oxygens (including phenoxy) is 1. The highest BCUT2D eigenvalue weighted by molar-refractivity contribution is 6.37. The normalized spacial score (nSPS) is 11.0. The van der Waals surface area contributed by atoms with Gasteiger partial charge in [-0.15, -0.1) is 0 Å². The van der Waals surface area contributed by atoms with Crippen LogP contribution in [0.5, 0.6) is 0 Å². The van der Waals surface area contributed by atoms with E-state index in [1.54, 1.807) is 32.0 Å². The van der Waals surface area contributed by atoms with Crippen LogP contribution in [0.1, 0.15) is 44.5 Å². The van der Waals surface area contributed by atoms with Crippen LogP contribution in [0.3, 0.4) is 0 Å². The number of rotatable bonds is 4. The molecule has 4 nitrogen and oxygen atoms in total. The lowest BCUT2D eigenvalue weighted by Crippen LogP contribution is -2.05. The van der Waals surface area contributed by atoms with Gasteiger partial charge in [-0.3, -0.25) is 4.79 Å². The highest BCUT2D eigenvalue weighted by Crippen LogP contribution is 2.33. The number of hydrogen-bond donors (Lipinski definition) is 0. The molecular formula is C20H16Cl2O4. The van der Waals surface area contributed by atoms with Gasteiger partial charge < -0.3 is 9.15 Å². The van der Waals surface area contributed by atoms with Gasteiger partial charge in [0.25, 0.3) is 0 Å². The highest BCUT2D eigenvalue weighted by Gasteiger charge is 2.25. The minimum Gasteiger partial charge on any atom is -0.462 e. The third kappa shape index (κ3) is 3.22. The first-order valence-corrected chi connectivity index (χ1v) is 8.79. The second-order valence-electron chi connectivity index (χ2n) is 5.92. The van der Waals surface area contributed by atoms with Gasteiger partial charge in [0.15, 0.2) is 5.76 Å². The number of carbonyl (C=O) groups is 2. The van der Waals surface area contributed by atoms with Gasteiger partial charge in [0, 0.05) is 21.5 Å². The average molecular weight is 391 g/mol. The molecular weight excluding hydrogens is 375 g/mol. The molecule has 0 N–H and O–H groups in total. The van der Waals surface area contributed by atoms with E-state index >= 15 is 0 Å². The smallest absolute Gasteiger partial charge is 0.341 e. The number of hydrogen-bond acceptors (Lipinski definition) is 4. The molecule has 2 aromatic carbocycles. The Bertz CT molecular complexity index is 1030. The Kier molecular flexibility index (Phi) is 5.08. The zero-order valence-electron chi connectivity index (χ0n) is 14.5. The Morgan fingerprint density at radius 1 is 1.08 bits per heavy atom. The predicted octanol–water partition coefficient (Wildman–Crippen LogP) is 5.76. The van der Waals surface area contributed by atoms with Crippen molar-refractivity contribution in [1.29, 1.82) is 0 Å². The van der Waals surface area contributed by atoms with Crippen LogP contribution in [0.15, 0.2) is 34.7 Å². The molecule has 0 spiro atoms. The molecule has 1 heterocycles. The van der Waals surface area contributed by atoms with E-state index in [0.29, 0.717) is 27.1 Å². The van der Waals surface area contributed by atoms with Crippen molar-refractivity contribution in [2.45, 2.75) is 20.8 Å². The fraction of sp³-hybridized carbons (Fsp3) is 0.200. The Hall–Kier alpha value is -2.30. The van der Waals surface area contributed by atoms with Gasteiger partial charge >= 0.3 is 5.97 Å². The molecule has 0 bridgehead atoms. The maximum Gasteiger partial charge on any atom is 0.341 e. The van der Waals surface area contributed by atoms with Gasteiger partial charge in [-0.1, -0.05) is 23.2 Å². The van der Waals surface area contributed by atoms with Crippen molar-refractivity contribution in [2.24, 2.45) is 0 Å². The van der Waals surface area contributed by atoms with Gasteiger partial charge in [0.05, 0.1) is 11.6 Å². The van der Waals surface area contributed by atoms with E-state index in [4.69, 9.17) is 32.4 Å². The van der Waals surface area contributed by atoms with E-state index in [1.165, 1.54) is 6.07 Å². The van der Waals surface area contributed by atoms with Gasteiger partial charge in [0.1, 0.15) is 11.1 Å². The number of aryl methyl sites for hydroxylation is 2. The van der Waals surface area contributed by atoms with Crippen molar-refractivity contribution in [3.8, 4) is 0 Å². The lowest BCUT2D eigenvalue weighted by molar-refractivity contribution is 0.0527. The van der Waals surface area contributed by atoms with E-state index < -0.39 is 5.97 Å². The summed E-state index contributed by atoms with van der Waals surface area (Å²) in [6.07, 6.45) is 0. The first-order chi connectivity index (χ1) is 12.3. The minimum absolute atomic E-state index is 0.139. The summed E-state index contributed by atoms with van der Waals surface area (Å²) < 4.78 is 10.9. The van der Waals surface area contributed by atoms with E-state index in [2.05, 4.69) is 0 Å². The molecule has 26 heavy (non-hydrogen) atoms. The molecule has 0 atom stereocenters. The molecule has 0 aliphatic carbocycles.